The summed E-state index contributed by atoms with van der Waals surface area (Å²) < 4.78 is 0. The third kappa shape index (κ3) is 3.86. The number of nitrogens with one attached hydrogen (secondary N) is 3. The lowest BCUT2D eigenvalue weighted by atomic mass is 9.94. The first-order valence-corrected chi connectivity index (χ1v) is 8.53. The highest BCUT2D eigenvalue weighted by molar-refractivity contribution is 7.80. The zero-order valence-corrected chi connectivity index (χ0v) is 15.4. The first-order valence-electron chi connectivity index (χ1n) is 8.12. The summed E-state index contributed by atoms with van der Waals surface area (Å²) in [5.41, 5.74) is 1.40. The topological polar surface area (TPSA) is 137 Å². The third-order valence-electron chi connectivity index (χ3n) is 4.17. The van der Waals surface area contributed by atoms with Gasteiger partial charge in [0.25, 0.3) is 11.6 Å². The number of benzene rings is 2. The van der Waals surface area contributed by atoms with E-state index in [-0.39, 0.29) is 27.9 Å². The average molecular weight is 400 g/mol. The molecule has 1 atom stereocenters. The van der Waals surface area contributed by atoms with E-state index in [2.05, 4.69) is 16.0 Å². The normalized spacial score (nSPS) is 16.2. The number of phenols is 2. The molecule has 5 N–H and O–H groups in total. The highest BCUT2D eigenvalue weighted by Crippen LogP contribution is 2.34. The van der Waals surface area contributed by atoms with Gasteiger partial charge in [0.05, 0.1) is 16.5 Å². The van der Waals surface area contributed by atoms with Crippen LogP contribution in [-0.4, -0.2) is 26.2 Å². The molecule has 0 bridgehead atoms. The van der Waals surface area contributed by atoms with Crippen LogP contribution >= 0.6 is 12.2 Å². The molecular weight excluding hydrogens is 384 g/mol. The van der Waals surface area contributed by atoms with E-state index >= 15 is 0 Å². The van der Waals surface area contributed by atoms with E-state index in [0.717, 1.165) is 0 Å². The number of non-ortho nitro benzene ring substituents is 1. The number of hydrogen-bond donors (Lipinski definition) is 5. The summed E-state index contributed by atoms with van der Waals surface area (Å²) in [5, 5.41) is 39.2. The van der Waals surface area contributed by atoms with Gasteiger partial charge in [-0.2, -0.15) is 0 Å². The van der Waals surface area contributed by atoms with E-state index in [0.29, 0.717) is 16.9 Å². The summed E-state index contributed by atoms with van der Waals surface area (Å²) in [6.45, 7) is 1.67. The molecule has 0 aliphatic carbocycles. The maximum absolute atomic E-state index is 12.9. The molecule has 0 spiro atoms. The lowest BCUT2D eigenvalue weighted by Gasteiger charge is -2.30. The zero-order valence-electron chi connectivity index (χ0n) is 14.6. The number of allylic oxidation sites excluding steroid dienone is 1. The van der Waals surface area contributed by atoms with Crippen LogP contribution in [0.2, 0.25) is 0 Å². The molecule has 28 heavy (non-hydrogen) atoms. The number of nitrogens with zero attached hydrogens (tertiary/aromatic N) is 1. The number of carbonyl (C=O) groups excluding carboxylic acids is 1. The van der Waals surface area contributed by atoms with Gasteiger partial charge in [-0.25, -0.2) is 0 Å². The van der Waals surface area contributed by atoms with Gasteiger partial charge >= 0.3 is 0 Å². The Hall–Kier alpha value is -3.66. The van der Waals surface area contributed by atoms with Crippen LogP contribution < -0.4 is 16.0 Å². The molecule has 144 valence electrons. The van der Waals surface area contributed by atoms with Crippen LogP contribution in [0.15, 0.2) is 53.7 Å². The standard InChI is InChI=1S/C18H16N4O5S/c1-9-15(17(25)20-10-2-4-11(5-3-10)22(26)27)16(21-18(28)19-9)13-7-6-12(23)8-14(13)24/h2-8,16,23-24H,1H3,(H,20,25)(H2,19,21,28). The summed E-state index contributed by atoms with van der Waals surface area (Å²) in [5.74, 6) is -0.794. The molecule has 2 aromatic carbocycles. The molecule has 1 unspecified atom stereocenters. The van der Waals surface area contributed by atoms with Gasteiger partial charge in [0, 0.05) is 35.1 Å². The van der Waals surface area contributed by atoms with Crippen molar-refractivity contribution in [1.29, 1.82) is 0 Å². The second kappa shape index (κ2) is 7.53. The fourth-order valence-corrected chi connectivity index (χ4v) is 3.14. The number of phenolic OH excluding ortho intramolecular Hbond substituents is 2. The Morgan fingerprint density at radius 2 is 1.89 bits per heavy atom. The second-order valence-corrected chi connectivity index (χ2v) is 6.48. The van der Waals surface area contributed by atoms with Crippen molar-refractivity contribution in [2.75, 3.05) is 5.32 Å². The number of nitro benzene ring substituents is 1. The molecule has 1 heterocycles. The molecule has 1 amide bonds. The highest BCUT2D eigenvalue weighted by atomic mass is 32.1. The fourth-order valence-electron chi connectivity index (χ4n) is 2.87. The highest BCUT2D eigenvalue weighted by Gasteiger charge is 2.31. The number of amides is 1. The Morgan fingerprint density at radius 1 is 1.21 bits per heavy atom. The van der Waals surface area contributed by atoms with Crippen molar-refractivity contribution in [2.45, 2.75) is 13.0 Å². The van der Waals surface area contributed by atoms with E-state index < -0.39 is 16.9 Å². The van der Waals surface area contributed by atoms with Crippen LogP contribution in [0.1, 0.15) is 18.5 Å². The number of aromatic hydroxyl groups is 2. The number of carbonyl (C=O) groups is 1. The Labute approximate surface area is 164 Å². The first kappa shape index (κ1) is 19.1. The summed E-state index contributed by atoms with van der Waals surface area (Å²) in [4.78, 5) is 23.1. The smallest absolute Gasteiger partial charge is 0.269 e. The summed E-state index contributed by atoms with van der Waals surface area (Å²) >= 11 is 5.15. The van der Waals surface area contributed by atoms with Gasteiger partial charge in [-0.15, -0.1) is 0 Å². The molecule has 0 saturated heterocycles. The molecule has 0 fully saturated rings. The summed E-state index contributed by atoms with van der Waals surface area (Å²) in [6.07, 6.45) is 0. The van der Waals surface area contributed by atoms with E-state index in [4.69, 9.17) is 12.2 Å². The van der Waals surface area contributed by atoms with Gasteiger partial charge in [-0.05, 0) is 43.4 Å². The van der Waals surface area contributed by atoms with Crippen molar-refractivity contribution in [3.8, 4) is 11.5 Å². The first-order chi connectivity index (χ1) is 13.3. The lowest BCUT2D eigenvalue weighted by molar-refractivity contribution is -0.384. The molecule has 0 aromatic heterocycles. The van der Waals surface area contributed by atoms with Crippen LogP contribution in [0.4, 0.5) is 11.4 Å². The molecule has 10 heteroatoms. The van der Waals surface area contributed by atoms with Crippen molar-refractivity contribution < 1.29 is 19.9 Å². The molecule has 9 nitrogen and oxygen atoms in total. The molecule has 3 rings (SSSR count). The van der Waals surface area contributed by atoms with Gasteiger partial charge < -0.3 is 26.2 Å². The minimum absolute atomic E-state index is 0.0911. The van der Waals surface area contributed by atoms with Gasteiger partial charge in [0.15, 0.2) is 5.11 Å². The Balaban J connectivity index is 1.93. The van der Waals surface area contributed by atoms with E-state index in [1.165, 1.54) is 42.5 Å². The number of anilines is 1. The van der Waals surface area contributed by atoms with Crippen LogP contribution in [-0.2, 0) is 4.79 Å². The van der Waals surface area contributed by atoms with Crippen molar-refractivity contribution in [3.63, 3.8) is 0 Å². The second-order valence-electron chi connectivity index (χ2n) is 6.07. The Morgan fingerprint density at radius 3 is 2.50 bits per heavy atom. The van der Waals surface area contributed by atoms with Gasteiger partial charge in [0.2, 0.25) is 0 Å². The SMILES string of the molecule is CC1=C(C(=O)Nc2ccc([N+](=O)[O-])cc2)C(c2ccc(O)cc2O)NC(=S)N1. The quantitative estimate of drug-likeness (QED) is 0.300. The van der Waals surface area contributed by atoms with Gasteiger partial charge in [0.1, 0.15) is 11.5 Å². The minimum Gasteiger partial charge on any atom is -0.508 e. The Bertz CT molecular complexity index is 1000. The summed E-state index contributed by atoms with van der Waals surface area (Å²) in [6, 6.07) is 8.71. The number of hydrogen-bond acceptors (Lipinski definition) is 6. The Kier molecular flexibility index (Phi) is 5.14. The van der Waals surface area contributed by atoms with E-state index in [9.17, 15) is 25.1 Å². The molecule has 1 aliphatic rings. The molecular formula is C18H16N4O5S. The maximum atomic E-state index is 12.9. The fraction of sp³-hybridized carbons (Fsp3) is 0.111. The van der Waals surface area contributed by atoms with Crippen LogP contribution in [0, 0.1) is 10.1 Å². The largest absolute Gasteiger partial charge is 0.508 e. The van der Waals surface area contributed by atoms with Crippen molar-refractivity contribution >= 4 is 34.6 Å². The van der Waals surface area contributed by atoms with E-state index in [1.54, 1.807) is 6.92 Å². The third-order valence-corrected chi connectivity index (χ3v) is 4.39. The molecule has 1 aliphatic heterocycles. The van der Waals surface area contributed by atoms with Crippen molar-refractivity contribution in [3.05, 3.63) is 69.4 Å². The van der Waals surface area contributed by atoms with Crippen LogP contribution in [0.25, 0.3) is 0 Å². The van der Waals surface area contributed by atoms with Gasteiger partial charge in [-0.1, -0.05) is 0 Å². The van der Waals surface area contributed by atoms with Crippen LogP contribution in [0.3, 0.4) is 0 Å². The lowest BCUT2D eigenvalue weighted by Crippen LogP contribution is -2.45. The maximum Gasteiger partial charge on any atom is 0.269 e. The molecule has 0 radical (unpaired) electrons. The van der Waals surface area contributed by atoms with Crippen molar-refractivity contribution in [1.82, 2.24) is 10.6 Å². The van der Waals surface area contributed by atoms with Crippen molar-refractivity contribution in [2.24, 2.45) is 0 Å². The molecule has 0 saturated carbocycles. The average Bonchev–Trinajstić information content (AvgIpc) is 2.61. The molecule has 2 aromatic rings. The monoisotopic (exact) mass is 400 g/mol. The predicted molar refractivity (Wildman–Crippen MR) is 106 cm³/mol. The number of nitro groups is 1. The van der Waals surface area contributed by atoms with E-state index in [1.807, 2.05) is 0 Å². The summed E-state index contributed by atoms with van der Waals surface area (Å²) in [7, 11) is 0. The minimum atomic E-state index is -0.757. The number of thiocarbonyl (C=S) groups is 1. The van der Waals surface area contributed by atoms with Gasteiger partial charge in [-0.3, -0.25) is 14.9 Å². The number of rotatable bonds is 4. The zero-order chi connectivity index (χ0) is 20.4. The van der Waals surface area contributed by atoms with Crippen LogP contribution in [0.5, 0.6) is 11.5 Å². The predicted octanol–water partition coefficient (Wildman–Crippen LogP) is 2.44.